The van der Waals surface area contributed by atoms with Gasteiger partial charge in [-0.1, -0.05) is 25.1 Å². The molecule has 2 unspecified atom stereocenters. The van der Waals surface area contributed by atoms with Crippen molar-refractivity contribution in [3.05, 3.63) is 69.5 Å². The number of halogens is 3. The van der Waals surface area contributed by atoms with Crippen LogP contribution in [0.25, 0.3) is 10.9 Å². The molecular formula is C25H27F3N2O3. The van der Waals surface area contributed by atoms with Crippen molar-refractivity contribution < 1.29 is 23.0 Å². The van der Waals surface area contributed by atoms with Gasteiger partial charge < -0.3 is 14.8 Å². The highest BCUT2D eigenvalue weighted by Crippen LogP contribution is 2.42. The Kier molecular flexibility index (Phi) is 6.97. The van der Waals surface area contributed by atoms with Gasteiger partial charge in [-0.3, -0.25) is 9.79 Å². The first-order chi connectivity index (χ1) is 15.5. The molecule has 176 valence electrons. The summed E-state index contributed by atoms with van der Waals surface area (Å²) >= 11 is 0. The third kappa shape index (κ3) is 4.95. The summed E-state index contributed by atoms with van der Waals surface area (Å²) < 4.78 is 47.8. The fourth-order valence-electron chi connectivity index (χ4n) is 3.95. The van der Waals surface area contributed by atoms with Crippen LogP contribution in [0.2, 0.25) is 0 Å². The SMILES string of the molecule is CCC(CC(O)(/C=N/c1cccc2[nH]c(=O)ccc12)C(F)(F)F)c1ccc(C)c(C)c1OC. The molecule has 0 spiro atoms. The normalized spacial score (nSPS) is 15.0. The summed E-state index contributed by atoms with van der Waals surface area (Å²) in [5, 5.41) is 11.3. The van der Waals surface area contributed by atoms with Crippen molar-refractivity contribution in [2.45, 2.75) is 51.3 Å². The second-order valence-corrected chi connectivity index (χ2v) is 8.18. The van der Waals surface area contributed by atoms with Crippen LogP contribution in [0.5, 0.6) is 5.75 Å². The molecule has 2 atom stereocenters. The van der Waals surface area contributed by atoms with Crippen molar-refractivity contribution in [1.29, 1.82) is 0 Å². The number of nitrogens with zero attached hydrogens (tertiary/aromatic N) is 1. The zero-order valence-corrected chi connectivity index (χ0v) is 19.0. The van der Waals surface area contributed by atoms with Gasteiger partial charge in [0.05, 0.1) is 18.3 Å². The molecule has 3 aromatic rings. The number of alkyl halides is 3. The fourth-order valence-corrected chi connectivity index (χ4v) is 3.95. The van der Waals surface area contributed by atoms with Crippen LogP contribution in [0.15, 0.2) is 52.3 Å². The highest BCUT2D eigenvalue weighted by Gasteiger charge is 2.53. The molecule has 0 saturated carbocycles. The van der Waals surface area contributed by atoms with Gasteiger partial charge in [0.15, 0.2) is 5.60 Å². The zero-order chi connectivity index (χ0) is 24.4. The molecule has 0 amide bonds. The number of rotatable bonds is 7. The van der Waals surface area contributed by atoms with E-state index in [0.717, 1.165) is 11.1 Å². The van der Waals surface area contributed by atoms with E-state index in [-0.39, 0.29) is 11.2 Å². The second-order valence-electron chi connectivity index (χ2n) is 8.18. The van der Waals surface area contributed by atoms with Gasteiger partial charge in [0.1, 0.15) is 5.75 Å². The third-order valence-corrected chi connectivity index (χ3v) is 6.05. The first-order valence-corrected chi connectivity index (χ1v) is 10.6. The Morgan fingerprint density at radius 3 is 2.52 bits per heavy atom. The molecule has 0 aliphatic heterocycles. The number of aromatic nitrogens is 1. The zero-order valence-electron chi connectivity index (χ0n) is 19.0. The van der Waals surface area contributed by atoms with Crippen LogP contribution in [0, 0.1) is 13.8 Å². The smallest absolute Gasteiger partial charge is 0.422 e. The average molecular weight is 460 g/mol. The third-order valence-electron chi connectivity index (χ3n) is 6.05. The van der Waals surface area contributed by atoms with Crippen LogP contribution in [0.4, 0.5) is 18.9 Å². The van der Waals surface area contributed by atoms with E-state index in [1.54, 1.807) is 25.1 Å². The van der Waals surface area contributed by atoms with E-state index in [1.807, 2.05) is 19.9 Å². The summed E-state index contributed by atoms with van der Waals surface area (Å²) in [6, 6.07) is 11.1. The van der Waals surface area contributed by atoms with Crippen LogP contribution in [-0.4, -0.2) is 35.2 Å². The number of aryl methyl sites for hydroxylation is 1. The lowest BCUT2D eigenvalue weighted by Gasteiger charge is -2.31. The van der Waals surface area contributed by atoms with Gasteiger partial charge in [-0.2, -0.15) is 13.2 Å². The monoisotopic (exact) mass is 460 g/mol. The lowest BCUT2D eigenvalue weighted by atomic mass is 9.82. The van der Waals surface area contributed by atoms with Crippen LogP contribution < -0.4 is 10.3 Å². The van der Waals surface area contributed by atoms with Gasteiger partial charge in [0, 0.05) is 17.7 Å². The summed E-state index contributed by atoms with van der Waals surface area (Å²) in [5.41, 5.74) is -0.413. The van der Waals surface area contributed by atoms with Crippen molar-refractivity contribution >= 4 is 22.8 Å². The minimum absolute atomic E-state index is 0.211. The standard InChI is InChI=1S/C25H27F3N2O3/c1-5-17(18-10-9-15(2)16(3)23(18)33-4)13-24(32,25(26,27)28)14-29-20-7-6-8-21-19(20)11-12-22(31)30-21/h6-12,14,17,32H,5,13H2,1-4H3,(H,30,31)/b29-14+. The molecule has 0 radical (unpaired) electrons. The molecule has 2 N–H and O–H groups in total. The quantitative estimate of drug-likeness (QED) is 0.442. The molecule has 0 aliphatic carbocycles. The Balaban J connectivity index is 2.04. The van der Waals surface area contributed by atoms with Crippen molar-refractivity contribution in [2.24, 2.45) is 4.99 Å². The Morgan fingerprint density at radius 1 is 1.15 bits per heavy atom. The van der Waals surface area contributed by atoms with Gasteiger partial charge in [0.2, 0.25) is 5.56 Å². The molecule has 3 rings (SSSR count). The molecule has 5 nitrogen and oxygen atoms in total. The molecule has 0 saturated heterocycles. The van der Waals surface area contributed by atoms with E-state index >= 15 is 0 Å². The molecule has 0 aliphatic rings. The van der Waals surface area contributed by atoms with Crippen LogP contribution >= 0.6 is 0 Å². The molecule has 0 fully saturated rings. The van der Waals surface area contributed by atoms with Gasteiger partial charge >= 0.3 is 6.18 Å². The van der Waals surface area contributed by atoms with E-state index in [2.05, 4.69) is 9.98 Å². The number of hydrogen-bond donors (Lipinski definition) is 2. The first kappa shape index (κ1) is 24.5. The van der Waals surface area contributed by atoms with E-state index in [9.17, 15) is 23.1 Å². The number of fused-ring (bicyclic) bond motifs is 1. The maximum Gasteiger partial charge on any atom is 0.422 e. The minimum Gasteiger partial charge on any atom is -0.496 e. The summed E-state index contributed by atoms with van der Waals surface area (Å²) in [5.74, 6) is -0.0949. The van der Waals surface area contributed by atoms with Gasteiger partial charge in [-0.05, 0) is 67.5 Å². The number of aromatic amines is 1. The Bertz CT molecular complexity index is 1230. The Morgan fingerprint density at radius 2 is 1.88 bits per heavy atom. The fraction of sp³-hybridized carbons (Fsp3) is 0.360. The van der Waals surface area contributed by atoms with Crippen molar-refractivity contribution in [3.8, 4) is 5.75 Å². The summed E-state index contributed by atoms with van der Waals surface area (Å²) in [6.45, 7) is 5.53. The molecule has 1 heterocycles. The number of aliphatic hydroxyl groups is 1. The lowest BCUT2D eigenvalue weighted by molar-refractivity contribution is -0.232. The van der Waals surface area contributed by atoms with Gasteiger partial charge in [-0.15, -0.1) is 0 Å². The van der Waals surface area contributed by atoms with Crippen molar-refractivity contribution in [3.63, 3.8) is 0 Å². The highest BCUT2D eigenvalue weighted by atomic mass is 19.4. The topological polar surface area (TPSA) is 74.7 Å². The van der Waals surface area contributed by atoms with E-state index in [1.165, 1.54) is 25.3 Å². The predicted octanol–water partition coefficient (Wildman–Crippen LogP) is 5.73. The number of H-pyrrole nitrogens is 1. The number of methoxy groups -OCH3 is 1. The largest absolute Gasteiger partial charge is 0.496 e. The highest BCUT2D eigenvalue weighted by molar-refractivity contribution is 5.91. The minimum atomic E-state index is -4.95. The molecule has 2 aromatic carbocycles. The second kappa shape index (κ2) is 9.39. The molecule has 0 bridgehead atoms. The maximum absolute atomic E-state index is 14.1. The first-order valence-electron chi connectivity index (χ1n) is 10.6. The molecule has 1 aromatic heterocycles. The van der Waals surface area contributed by atoms with Crippen LogP contribution in [0.1, 0.15) is 42.4 Å². The van der Waals surface area contributed by atoms with Crippen molar-refractivity contribution in [2.75, 3.05) is 7.11 Å². The van der Waals surface area contributed by atoms with Gasteiger partial charge in [0.25, 0.3) is 0 Å². The Labute approximate surface area is 190 Å². The molecule has 33 heavy (non-hydrogen) atoms. The van der Waals surface area contributed by atoms with Crippen molar-refractivity contribution in [1.82, 2.24) is 4.98 Å². The molecular weight excluding hydrogens is 433 g/mol. The van der Waals surface area contributed by atoms with Crippen LogP contribution in [-0.2, 0) is 0 Å². The van der Waals surface area contributed by atoms with Crippen LogP contribution in [0.3, 0.4) is 0 Å². The maximum atomic E-state index is 14.1. The predicted molar refractivity (Wildman–Crippen MR) is 124 cm³/mol. The van der Waals surface area contributed by atoms with Gasteiger partial charge in [-0.25, -0.2) is 0 Å². The van der Waals surface area contributed by atoms with E-state index < -0.39 is 24.1 Å². The van der Waals surface area contributed by atoms with E-state index in [4.69, 9.17) is 4.74 Å². The number of ether oxygens (including phenoxy) is 1. The number of pyridine rings is 1. The lowest BCUT2D eigenvalue weighted by Crippen LogP contribution is -2.47. The number of nitrogens with one attached hydrogen (secondary N) is 1. The summed E-state index contributed by atoms with van der Waals surface area (Å²) in [4.78, 5) is 18.2. The Hall–Kier alpha value is -3.13. The molecule has 8 heteroatoms. The number of benzene rings is 2. The number of hydrogen-bond acceptors (Lipinski definition) is 4. The summed E-state index contributed by atoms with van der Waals surface area (Å²) in [7, 11) is 1.49. The average Bonchev–Trinajstić information content (AvgIpc) is 2.76. The number of aliphatic imine (C=N–C) groups is 1. The summed E-state index contributed by atoms with van der Waals surface area (Å²) in [6.07, 6.45) is -4.64. The van der Waals surface area contributed by atoms with E-state index in [0.29, 0.717) is 34.9 Å².